The number of fused-ring (bicyclic) bond motifs is 2. The fourth-order valence-electron chi connectivity index (χ4n) is 10.1. The smallest absolute Gasteiger partial charge is 0.138 e. The van der Waals surface area contributed by atoms with Crippen LogP contribution in [0.1, 0.15) is 104 Å². The zero-order valence-electron chi connectivity index (χ0n) is 32.4. The van der Waals surface area contributed by atoms with Gasteiger partial charge in [-0.15, -0.1) is 0 Å². The second-order valence-electron chi connectivity index (χ2n) is 16.3. The first-order valence-electron chi connectivity index (χ1n) is 19.7. The van der Waals surface area contributed by atoms with Crippen molar-refractivity contribution in [1.82, 2.24) is 4.48 Å². The first-order chi connectivity index (χ1) is 25.6. The van der Waals surface area contributed by atoms with Gasteiger partial charge in [-0.05, 0) is 115 Å². The van der Waals surface area contributed by atoms with Gasteiger partial charge < -0.3 is 0 Å². The van der Waals surface area contributed by atoms with Crippen molar-refractivity contribution in [3.63, 3.8) is 0 Å². The third kappa shape index (κ3) is 5.75. The molecule has 0 amide bonds. The normalized spacial score (nSPS) is 12.5. The Balaban J connectivity index is 1.48. The second kappa shape index (κ2) is 14.3. The Bertz CT molecular complexity index is 2470. The van der Waals surface area contributed by atoms with Crippen molar-refractivity contribution in [3.8, 4) is 23.3 Å². The van der Waals surface area contributed by atoms with Crippen molar-refractivity contribution in [2.24, 2.45) is 0 Å². The van der Waals surface area contributed by atoms with Gasteiger partial charge in [-0.1, -0.05) is 100 Å². The first kappa shape index (κ1) is 36.2. The van der Waals surface area contributed by atoms with E-state index in [4.69, 9.17) is 0 Å². The summed E-state index contributed by atoms with van der Waals surface area (Å²) in [5.41, 5.74) is 5.75. The third-order valence-corrected chi connectivity index (χ3v) is 12.3. The molecule has 0 unspecified atom stereocenters. The Morgan fingerprint density at radius 3 is 1.68 bits per heavy atom. The molecule has 0 atom stereocenters. The van der Waals surface area contributed by atoms with E-state index in [2.05, 4.69) is 151 Å². The van der Waals surface area contributed by atoms with Crippen molar-refractivity contribution < 1.29 is 0 Å². The summed E-state index contributed by atoms with van der Waals surface area (Å²) >= 11 is 0. The van der Waals surface area contributed by atoms with Crippen LogP contribution in [-0.4, -0.2) is 11.1 Å². The molecule has 0 spiro atoms. The predicted molar refractivity (Wildman–Crippen MR) is 227 cm³/mol. The van der Waals surface area contributed by atoms with E-state index in [0.29, 0.717) is 11.1 Å². The molecule has 53 heavy (non-hydrogen) atoms. The second-order valence-corrected chi connectivity index (χ2v) is 16.3. The molecular formula is C50H52N3+. The van der Waals surface area contributed by atoms with Crippen molar-refractivity contribution in [2.75, 3.05) is 0 Å². The summed E-state index contributed by atoms with van der Waals surface area (Å²) in [7, 11) is 0. The van der Waals surface area contributed by atoms with Gasteiger partial charge in [0.1, 0.15) is 28.5 Å². The molecule has 3 nitrogen and oxygen atoms in total. The van der Waals surface area contributed by atoms with Crippen LogP contribution < -0.4 is 4.48 Å². The number of unbranched alkanes of at least 4 members (excludes halogenated alkanes) is 4. The number of hydrogen-bond donors (Lipinski definition) is 0. The molecule has 7 aromatic rings. The zero-order valence-corrected chi connectivity index (χ0v) is 32.4. The number of hydrogen-bond acceptors (Lipinski definition) is 2. The Hall–Kier alpha value is -5.22. The average Bonchev–Trinajstić information content (AvgIpc) is 3.17. The fraction of sp³-hybridized carbons (Fsp3) is 0.320. The molecule has 0 aliphatic carbocycles. The molecule has 266 valence electrons. The van der Waals surface area contributed by atoms with E-state index in [1.807, 2.05) is 12.1 Å². The molecule has 3 heteroatoms. The van der Waals surface area contributed by atoms with Gasteiger partial charge in [-0.25, -0.2) is 0 Å². The lowest BCUT2D eigenvalue weighted by Gasteiger charge is -2.58. The minimum Gasteiger partial charge on any atom is -0.250 e. The molecule has 0 bridgehead atoms. The minimum absolute atomic E-state index is 0.0938. The third-order valence-electron chi connectivity index (χ3n) is 12.3. The molecule has 7 aromatic carbocycles. The van der Waals surface area contributed by atoms with E-state index in [1.165, 1.54) is 49.9 Å². The van der Waals surface area contributed by atoms with Crippen LogP contribution in [0.4, 0.5) is 11.4 Å². The van der Waals surface area contributed by atoms with Crippen molar-refractivity contribution >= 4 is 54.5 Å². The quantitative estimate of drug-likeness (QED) is 0.0522. The Morgan fingerprint density at radius 1 is 0.528 bits per heavy atom. The number of nitrogens with zero attached hydrogens (tertiary/aromatic N) is 3. The topological polar surface area (TPSA) is 47.6 Å². The molecular weight excluding hydrogens is 643 g/mol. The zero-order chi connectivity index (χ0) is 37.4. The standard InChI is InChI=1S/C50H52N3/c1-7-9-14-30-49(3,4)53(39-20-12-11-13-21-39,50(5,6)31-15-10-8-2)40-28-26-35(27-29-40)43-32-37-19-17-22-41-46(37)48(44(43)34-52)42-23-16-18-36-24-25-38(33-51)47(41)45(36)42/h11-13,16-29,32H,7-10,14-15,30-31H2,1-6H3/q+1. The van der Waals surface area contributed by atoms with E-state index in [1.54, 1.807) is 0 Å². The monoisotopic (exact) mass is 694 g/mol. The Labute approximate surface area is 316 Å². The summed E-state index contributed by atoms with van der Waals surface area (Å²) < 4.78 is 0.756. The van der Waals surface area contributed by atoms with E-state index >= 15 is 0 Å². The highest BCUT2D eigenvalue weighted by Gasteiger charge is 2.56. The highest BCUT2D eigenvalue weighted by atomic mass is 15.5. The average molecular weight is 695 g/mol. The van der Waals surface area contributed by atoms with Crippen LogP contribution in [0.2, 0.25) is 0 Å². The van der Waals surface area contributed by atoms with Gasteiger partial charge in [0.2, 0.25) is 0 Å². The van der Waals surface area contributed by atoms with Crippen LogP contribution in [0.25, 0.3) is 54.2 Å². The van der Waals surface area contributed by atoms with Gasteiger partial charge in [-0.3, -0.25) is 4.48 Å². The van der Waals surface area contributed by atoms with Crippen LogP contribution in [0.3, 0.4) is 0 Å². The summed E-state index contributed by atoms with van der Waals surface area (Å²) in [5, 5.41) is 29.4. The van der Waals surface area contributed by atoms with E-state index in [0.717, 1.165) is 71.5 Å². The number of para-hydroxylation sites is 1. The maximum atomic E-state index is 11.0. The molecule has 0 aliphatic rings. The van der Waals surface area contributed by atoms with E-state index < -0.39 is 0 Å². The number of benzene rings is 7. The fourth-order valence-corrected chi connectivity index (χ4v) is 10.1. The lowest BCUT2D eigenvalue weighted by molar-refractivity contribution is 0.0661. The maximum absolute atomic E-state index is 11.0. The first-order valence-corrected chi connectivity index (χ1v) is 19.7. The molecule has 0 heterocycles. The maximum Gasteiger partial charge on any atom is 0.138 e. The summed E-state index contributed by atoms with van der Waals surface area (Å²) in [4.78, 5) is 0. The molecule has 0 aliphatic heterocycles. The Morgan fingerprint density at radius 2 is 1.09 bits per heavy atom. The van der Waals surface area contributed by atoms with Crippen molar-refractivity contribution in [2.45, 2.75) is 104 Å². The summed E-state index contributed by atoms with van der Waals surface area (Å²) in [6.07, 6.45) is 9.47. The van der Waals surface area contributed by atoms with Gasteiger partial charge >= 0.3 is 0 Å². The molecule has 0 saturated heterocycles. The molecule has 0 radical (unpaired) electrons. The predicted octanol–water partition coefficient (Wildman–Crippen LogP) is 14.5. The van der Waals surface area contributed by atoms with Crippen LogP contribution >= 0.6 is 0 Å². The molecule has 0 saturated carbocycles. The van der Waals surface area contributed by atoms with Crippen molar-refractivity contribution in [1.29, 1.82) is 10.5 Å². The van der Waals surface area contributed by atoms with Crippen LogP contribution in [-0.2, 0) is 0 Å². The van der Waals surface area contributed by atoms with Gasteiger partial charge in [-0.2, -0.15) is 10.5 Å². The molecule has 7 rings (SSSR count). The van der Waals surface area contributed by atoms with E-state index in [-0.39, 0.29) is 11.1 Å². The molecule has 0 N–H and O–H groups in total. The van der Waals surface area contributed by atoms with Crippen molar-refractivity contribution in [3.05, 3.63) is 120 Å². The van der Waals surface area contributed by atoms with Crippen LogP contribution in [0, 0.1) is 22.7 Å². The van der Waals surface area contributed by atoms with Gasteiger partial charge in [0.25, 0.3) is 0 Å². The summed E-state index contributed by atoms with van der Waals surface area (Å²) in [6, 6.07) is 44.4. The summed E-state index contributed by atoms with van der Waals surface area (Å²) in [6.45, 7) is 14.5. The summed E-state index contributed by atoms with van der Waals surface area (Å²) in [5.74, 6) is 0. The Kier molecular flexibility index (Phi) is 9.76. The van der Waals surface area contributed by atoms with Gasteiger partial charge in [0, 0.05) is 41.3 Å². The lowest BCUT2D eigenvalue weighted by Crippen LogP contribution is -2.69. The highest BCUT2D eigenvalue weighted by Crippen LogP contribution is 2.53. The molecule has 0 aromatic heterocycles. The van der Waals surface area contributed by atoms with Gasteiger partial charge in [0.15, 0.2) is 0 Å². The van der Waals surface area contributed by atoms with Gasteiger partial charge in [0.05, 0.1) is 17.2 Å². The van der Waals surface area contributed by atoms with Crippen LogP contribution in [0.5, 0.6) is 0 Å². The van der Waals surface area contributed by atoms with Crippen LogP contribution in [0.15, 0.2) is 109 Å². The number of rotatable bonds is 13. The highest BCUT2D eigenvalue weighted by molar-refractivity contribution is 6.35. The largest absolute Gasteiger partial charge is 0.250 e. The van der Waals surface area contributed by atoms with E-state index in [9.17, 15) is 10.5 Å². The minimum atomic E-state index is -0.0938. The lowest BCUT2D eigenvalue weighted by atomic mass is 9.79. The SMILES string of the molecule is CCCCCC(C)(C)[N+](c1ccccc1)(c1ccc(-c2cc3cccc4c5c(C#N)ccc6cccc(c(c2C#N)c34)c65)cc1)C(C)(C)CCCCC. The molecule has 0 fully saturated rings. The number of quaternary nitrogens is 1. The number of nitriles is 2.